The highest BCUT2D eigenvalue weighted by Crippen LogP contribution is 2.68. The van der Waals surface area contributed by atoms with Crippen molar-refractivity contribution in [2.24, 2.45) is 17.1 Å². The predicted molar refractivity (Wildman–Crippen MR) is 72.0 cm³/mol. The molecule has 4 heteroatoms. The zero-order valence-corrected chi connectivity index (χ0v) is 11.8. The molecule has 3 nitrogen and oxygen atoms in total. The second-order valence-electron chi connectivity index (χ2n) is 5.28. The summed E-state index contributed by atoms with van der Waals surface area (Å²) in [6.45, 7) is 0. The molecule has 2 aliphatic carbocycles. The third-order valence-electron chi connectivity index (χ3n) is 4.63. The molecule has 2 saturated carbocycles. The average Bonchev–Trinajstić information content (AvgIpc) is 2.80. The van der Waals surface area contributed by atoms with Crippen LogP contribution in [0.4, 0.5) is 0 Å². The Hall–Kier alpha value is -0.870. The van der Waals surface area contributed by atoms with Gasteiger partial charge in [0, 0.05) is 10.5 Å². The van der Waals surface area contributed by atoms with E-state index in [9.17, 15) is 4.79 Å². The maximum Gasteiger partial charge on any atom is 0.313 e. The summed E-state index contributed by atoms with van der Waals surface area (Å²) in [5.74, 6) is 0.526. The SMILES string of the molecule is COC(=O)C12CC[C@H](c3ccc(Br)cc3)C1C2N. The maximum atomic E-state index is 11.9. The summed E-state index contributed by atoms with van der Waals surface area (Å²) in [4.78, 5) is 11.9. The van der Waals surface area contributed by atoms with Gasteiger partial charge in [0.2, 0.25) is 0 Å². The molecule has 0 saturated heterocycles. The van der Waals surface area contributed by atoms with Gasteiger partial charge in [-0.25, -0.2) is 0 Å². The van der Waals surface area contributed by atoms with Gasteiger partial charge in [-0.1, -0.05) is 28.1 Å². The summed E-state index contributed by atoms with van der Waals surface area (Å²) in [6, 6.07) is 8.29. The van der Waals surface area contributed by atoms with Crippen LogP contribution in [0.2, 0.25) is 0 Å². The molecule has 3 rings (SSSR count). The predicted octanol–water partition coefficient (Wildman–Crippen LogP) is 2.44. The van der Waals surface area contributed by atoms with Gasteiger partial charge in [0.1, 0.15) is 0 Å². The van der Waals surface area contributed by atoms with Crippen LogP contribution in [0, 0.1) is 11.3 Å². The third kappa shape index (κ3) is 1.48. The van der Waals surface area contributed by atoms with Crippen LogP contribution in [0.3, 0.4) is 0 Å². The number of esters is 1. The number of nitrogens with two attached hydrogens (primary N) is 1. The highest BCUT2D eigenvalue weighted by atomic mass is 79.9. The second kappa shape index (κ2) is 4.07. The van der Waals surface area contributed by atoms with Crippen molar-refractivity contribution in [2.45, 2.75) is 24.8 Å². The standard InChI is InChI=1S/C14H16BrNO2/c1-18-13(17)14-7-6-10(11(14)12(14)16)8-2-4-9(15)5-3-8/h2-5,10-12H,6-7,16H2,1H3/t10-,11?,12?,14?/m1/s1. The highest BCUT2D eigenvalue weighted by Gasteiger charge is 2.74. The van der Waals surface area contributed by atoms with Crippen LogP contribution >= 0.6 is 15.9 Å². The Labute approximate surface area is 115 Å². The Morgan fingerprint density at radius 2 is 2.11 bits per heavy atom. The molecule has 0 aromatic heterocycles. The number of hydrogen-bond acceptors (Lipinski definition) is 3. The number of hydrogen-bond donors (Lipinski definition) is 1. The van der Waals surface area contributed by atoms with Crippen LogP contribution in [-0.4, -0.2) is 19.1 Å². The molecule has 0 bridgehead atoms. The van der Waals surface area contributed by atoms with E-state index in [1.54, 1.807) is 0 Å². The molecule has 0 aliphatic heterocycles. The average molecular weight is 310 g/mol. The first-order valence-electron chi connectivity index (χ1n) is 6.20. The van der Waals surface area contributed by atoms with Gasteiger partial charge < -0.3 is 10.5 Å². The number of ether oxygens (including phenoxy) is 1. The summed E-state index contributed by atoms with van der Waals surface area (Å²) in [5, 5.41) is 0. The minimum Gasteiger partial charge on any atom is -0.469 e. The lowest BCUT2D eigenvalue weighted by molar-refractivity contribution is -0.147. The van der Waals surface area contributed by atoms with Crippen LogP contribution < -0.4 is 5.73 Å². The fraction of sp³-hybridized carbons (Fsp3) is 0.500. The van der Waals surface area contributed by atoms with Gasteiger partial charge in [-0.3, -0.25) is 4.79 Å². The van der Waals surface area contributed by atoms with E-state index < -0.39 is 5.41 Å². The van der Waals surface area contributed by atoms with Crippen molar-refractivity contribution in [3.05, 3.63) is 34.3 Å². The maximum absolute atomic E-state index is 11.9. The lowest BCUT2D eigenvalue weighted by Crippen LogP contribution is -2.24. The van der Waals surface area contributed by atoms with Gasteiger partial charge in [0.05, 0.1) is 12.5 Å². The van der Waals surface area contributed by atoms with E-state index in [4.69, 9.17) is 10.5 Å². The number of carbonyl (C=O) groups is 1. The number of benzene rings is 1. The van der Waals surface area contributed by atoms with Crippen molar-refractivity contribution in [2.75, 3.05) is 7.11 Å². The van der Waals surface area contributed by atoms with Crippen LogP contribution in [0.15, 0.2) is 28.7 Å². The summed E-state index contributed by atoms with van der Waals surface area (Å²) in [7, 11) is 1.45. The molecule has 1 aromatic carbocycles. The van der Waals surface area contributed by atoms with E-state index >= 15 is 0 Å². The van der Waals surface area contributed by atoms with Gasteiger partial charge in [-0.05, 0) is 42.4 Å². The highest BCUT2D eigenvalue weighted by molar-refractivity contribution is 9.10. The Bertz CT molecular complexity index is 487. The van der Waals surface area contributed by atoms with Gasteiger partial charge >= 0.3 is 5.97 Å². The summed E-state index contributed by atoms with van der Waals surface area (Å²) >= 11 is 3.44. The van der Waals surface area contributed by atoms with E-state index in [1.807, 2.05) is 12.1 Å². The molecule has 96 valence electrons. The Morgan fingerprint density at radius 3 is 2.67 bits per heavy atom. The van der Waals surface area contributed by atoms with Crippen LogP contribution in [0.25, 0.3) is 0 Å². The smallest absolute Gasteiger partial charge is 0.313 e. The van der Waals surface area contributed by atoms with Crippen molar-refractivity contribution < 1.29 is 9.53 Å². The van der Waals surface area contributed by atoms with Crippen LogP contribution in [0.1, 0.15) is 24.3 Å². The van der Waals surface area contributed by atoms with Gasteiger partial charge in [-0.15, -0.1) is 0 Å². The minimum absolute atomic E-state index is 0.0349. The summed E-state index contributed by atoms with van der Waals surface area (Å²) in [5.41, 5.74) is 7.01. The molecular weight excluding hydrogens is 294 g/mol. The summed E-state index contributed by atoms with van der Waals surface area (Å²) < 4.78 is 6.00. The quantitative estimate of drug-likeness (QED) is 0.854. The Balaban J connectivity index is 1.86. The zero-order chi connectivity index (χ0) is 12.9. The first-order valence-corrected chi connectivity index (χ1v) is 7.00. The lowest BCUT2D eigenvalue weighted by Gasteiger charge is -2.13. The molecule has 1 aromatic rings. The molecule has 2 aliphatic rings. The molecule has 2 N–H and O–H groups in total. The van der Waals surface area contributed by atoms with Crippen molar-refractivity contribution in [3.63, 3.8) is 0 Å². The van der Waals surface area contributed by atoms with E-state index in [-0.39, 0.29) is 17.9 Å². The monoisotopic (exact) mass is 309 g/mol. The van der Waals surface area contributed by atoms with E-state index in [0.717, 1.165) is 17.3 Å². The third-order valence-corrected chi connectivity index (χ3v) is 5.16. The Morgan fingerprint density at radius 1 is 1.44 bits per heavy atom. The van der Waals surface area contributed by atoms with Crippen LogP contribution in [-0.2, 0) is 9.53 Å². The van der Waals surface area contributed by atoms with E-state index in [1.165, 1.54) is 12.7 Å². The lowest BCUT2D eigenvalue weighted by atomic mass is 9.93. The number of carbonyl (C=O) groups excluding carboxylic acids is 1. The first kappa shape index (κ1) is 12.2. The second-order valence-corrected chi connectivity index (χ2v) is 6.20. The van der Waals surface area contributed by atoms with Crippen LogP contribution in [0.5, 0.6) is 0 Å². The number of fused-ring (bicyclic) bond motifs is 1. The molecule has 3 unspecified atom stereocenters. The molecule has 2 fully saturated rings. The van der Waals surface area contributed by atoms with Gasteiger partial charge in [0.15, 0.2) is 0 Å². The molecular formula is C14H16BrNO2. The van der Waals surface area contributed by atoms with Crippen molar-refractivity contribution >= 4 is 21.9 Å². The fourth-order valence-electron chi connectivity index (χ4n) is 3.66. The van der Waals surface area contributed by atoms with E-state index in [0.29, 0.717) is 5.92 Å². The first-order chi connectivity index (χ1) is 8.61. The van der Waals surface area contributed by atoms with E-state index in [2.05, 4.69) is 28.1 Å². The fourth-order valence-corrected chi connectivity index (χ4v) is 3.93. The minimum atomic E-state index is -0.396. The molecule has 18 heavy (non-hydrogen) atoms. The number of methoxy groups -OCH3 is 1. The number of halogens is 1. The van der Waals surface area contributed by atoms with Gasteiger partial charge in [-0.2, -0.15) is 0 Å². The van der Waals surface area contributed by atoms with Crippen molar-refractivity contribution in [1.29, 1.82) is 0 Å². The van der Waals surface area contributed by atoms with Crippen molar-refractivity contribution in [1.82, 2.24) is 0 Å². The normalized spacial score (nSPS) is 37.2. The number of rotatable bonds is 2. The summed E-state index contributed by atoms with van der Waals surface area (Å²) in [6.07, 6.45) is 1.88. The topological polar surface area (TPSA) is 52.3 Å². The molecule has 0 radical (unpaired) electrons. The zero-order valence-electron chi connectivity index (χ0n) is 10.2. The van der Waals surface area contributed by atoms with Gasteiger partial charge in [0.25, 0.3) is 0 Å². The molecule has 0 spiro atoms. The molecule has 0 heterocycles. The molecule has 0 amide bonds. The largest absolute Gasteiger partial charge is 0.469 e. The van der Waals surface area contributed by atoms with Crippen molar-refractivity contribution in [3.8, 4) is 0 Å². The Kier molecular flexibility index (Phi) is 2.75. The molecule has 4 atom stereocenters.